The first-order valence-corrected chi connectivity index (χ1v) is 8.51. The van der Waals surface area contributed by atoms with Crippen molar-refractivity contribution in [1.82, 2.24) is 9.88 Å². The van der Waals surface area contributed by atoms with E-state index in [-0.39, 0.29) is 22.3 Å². The van der Waals surface area contributed by atoms with Crippen LogP contribution in [0.4, 0.5) is 0 Å². The number of likely N-dealkylation sites (tertiary alicyclic amines) is 1. The first-order valence-electron chi connectivity index (χ1n) is 7.75. The molecule has 5 heteroatoms. The standard InChI is InChI=1S/C18H18Cl2N2O/c1-12-5-7-13(8-6-12)15-4-2-3-9-22(15)18(23)14-10-16(19)21-17(20)11-14/h5-8,10-11,15H,2-4,9H2,1H3. The van der Waals surface area contributed by atoms with Crippen molar-refractivity contribution in [2.75, 3.05) is 6.54 Å². The van der Waals surface area contributed by atoms with E-state index in [0.29, 0.717) is 5.56 Å². The highest BCUT2D eigenvalue weighted by molar-refractivity contribution is 6.33. The molecule has 3 nitrogen and oxygen atoms in total. The molecule has 2 heterocycles. The lowest BCUT2D eigenvalue weighted by Crippen LogP contribution is -2.38. The summed E-state index contributed by atoms with van der Waals surface area (Å²) in [6.07, 6.45) is 3.11. The Labute approximate surface area is 146 Å². The fraction of sp³-hybridized carbons (Fsp3) is 0.333. The zero-order chi connectivity index (χ0) is 16.4. The maximum absolute atomic E-state index is 12.9. The molecule has 0 spiro atoms. The van der Waals surface area contributed by atoms with Gasteiger partial charge >= 0.3 is 0 Å². The van der Waals surface area contributed by atoms with Crippen molar-refractivity contribution in [3.63, 3.8) is 0 Å². The highest BCUT2D eigenvalue weighted by Gasteiger charge is 2.29. The molecular weight excluding hydrogens is 331 g/mol. The lowest BCUT2D eigenvalue weighted by molar-refractivity contribution is 0.0611. The van der Waals surface area contributed by atoms with Crippen LogP contribution >= 0.6 is 23.2 Å². The second-order valence-corrected chi connectivity index (χ2v) is 6.70. The maximum atomic E-state index is 12.9. The van der Waals surface area contributed by atoms with Crippen molar-refractivity contribution < 1.29 is 4.79 Å². The van der Waals surface area contributed by atoms with Gasteiger partial charge in [-0.1, -0.05) is 53.0 Å². The molecule has 0 radical (unpaired) electrons. The van der Waals surface area contributed by atoms with Gasteiger partial charge in [-0.05, 0) is 43.9 Å². The molecule has 120 valence electrons. The van der Waals surface area contributed by atoms with Gasteiger partial charge in [0.25, 0.3) is 5.91 Å². The quantitative estimate of drug-likeness (QED) is 0.710. The molecule has 0 saturated carbocycles. The summed E-state index contributed by atoms with van der Waals surface area (Å²) >= 11 is 11.9. The molecule has 1 unspecified atom stereocenters. The summed E-state index contributed by atoms with van der Waals surface area (Å²) in [6.45, 7) is 2.81. The van der Waals surface area contributed by atoms with Crippen LogP contribution < -0.4 is 0 Å². The fourth-order valence-electron chi connectivity index (χ4n) is 3.06. The average Bonchev–Trinajstić information content (AvgIpc) is 2.54. The lowest BCUT2D eigenvalue weighted by Gasteiger charge is -2.36. The third-order valence-electron chi connectivity index (χ3n) is 4.24. The van der Waals surface area contributed by atoms with E-state index < -0.39 is 0 Å². The van der Waals surface area contributed by atoms with Crippen LogP contribution in [0.3, 0.4) is 0 Å². The van der Waals surface area contributed by atoms with E-state index >= 15 is 0 Å². The second-order valence-electron chi connectivity index (χ2n) is 5.92. The van der Waals surface area contributed by atoms with Crippen LogP contribution in [0.15, 0.2) is 36.4 Å². The molecule has 1 saturated heterocycles. The van der Waals surface area contributed by atoms with Gasteiger partial charge in [-0.25, -0.2) is 4.98 Å². The van der Waals surface area contributed by atoms with E-state index in [1.54, 1.807) is 12.1 Å². The summed E-state index contributed by atoms with van der Waals surface area (Å²) in [4.78, 5) is 18.8. The van der Waals surface area contributed by atoms with Gasteiger partial charge in [-0.2, -0.15) is 0 Å². The van der Waals surface area contributed by atoms with Crippen molar-refractivity contribution in [1.29, 1.82) is 0 Å². The predicted octanol–water partition coefficient (Wildman–Crippen LogP) is 5.06. The lowest BCUT2D eigenvalue weighted by atomic mass is 9.94. The number of pyridine rings is 1. The number of aromatic nitrogens is 1. The molecule has 0 bridgehead atoms. The monoisotopic (exact) mass is 348 g/mol. The molecule has 1 aromatic heterocycles. The van der Waals surface area contributed by atoms with E-state index in [0.717, 1.165) is 25.8 Å². The number of nitrogens with zero attached hydrogens (tertiary/aromatic N) is 2. The first kappa shape index (κ1) is 16.3. The minimum atomic E-state index is -0.0403. The number of benzene rings is 1. The van der Waals surface area contributed by atoms with Crippen LogP contribution in [0.25, 0.3) is 0 Å². The summed E-state index contributed by atoms with van der Waals surface area (Å²) < 4.78 is 0. The average molecular weight is 349 g/mol. The van der Waals surface area contributed by atoms with Gasteiger partial charge < -0.3 is 4.90 Å². The number of carbonyl (C=O) groups is 1. The number of hydrogen-bond acceptors (Lipinski definition) is 2. The molecule has 1 aliphatic rings. The Kier molecular flexibility index (Phi) is 4.88. The topological polar surface area (TPSA) is 33.2 Å². The van der Waals surface area contributed by atoms with E-state index in [9.17, 15) is 4.79 Å². The second kappa shape index (κ2) is 6.90. The van der Waals surface area contributed by atoms with Gasteiger partial charge in [0, 0.05) is 12.1 Å². The Morgan fingerprint density at radius 3 is 2.43 bits per heavy atom. The van der Waals surface area contributed by atoms with Crippen molar-refractivity contribution in [3.05, 3.63) is 63.4 Å². The number of amides is 1. The van der Waals surface area contributed by atoms with Gasteiger partial charge in [-0.15, -0.1) is 0 Å². The van der Waals surface area contributed by atoms with Gasteiger partial charge in [0.1, 0.15) is 10.3 Å². The number of halogens is 2. The minimum Gasteiger partial charge on any atom is -0.332 e. The zero-order valence-corrected chi connectivity index (χ0v) is 14.4. The van der Waals surface area contributed by atoms with Crippen LogP contribution in [0, 0.1) is 6.92 Å². The molecule has 2 aromatic rings. The molecule has 1 aromatic carbocycles. The number of rotatable bonds is 2. The molecule has 1 aliphatic heterocycles. The predicted molar refractivity (Wildman–Crippen MR) is 93.1 cm³/mol. The van der Waals surface area contributed by atoms with Crippen LogP contribution in [-0.2, 0) is 0 Å². The smallest absolute Gasteiger partial charge is 0.254 e. The molecule has 1 atom stereocenters. The summed E-state index contributed by atoms with van der Waals surface area (Å²) in [6, 6.07) is 11.7. The highest BCUT2D eigenvalue weighted by atomic mass is 35.5. The van der Waals surface area contributed by atoms with Crippen LogP contribution in [0.1, 0.15) is 46.8 Å². The molecule has 23 heavy (non-hydrogen) atoms. The number of aryl methyl sites for hydroxylation is 1. The Hall–Kier alpha value is -1.58. The van der Waals surface area contributed by atoms with E-state index in [2.05, 4.69) is 36.2 Å². The molecule has 1 fully saturated rings. The van der Waals surface area contributed by atoms with E-state index in [4.69, 9.17) is 23.2 Å². The summed E-state index contributed by atoms with van der Waals surface area (Å²) in [7, 11) is 0. The van der Waals surface area contributed by atoms with Crippen molar-refractivity contribution in [2.45, 2.75) is 32.2 Å². The molecule has 1 amide bonds. The third kappa shape index (κ3) is 3.67. The van der Waals surface area contributed by atoms with Crippen molar-refractivity contribution >= 4 is 29.1 Å². The molecule has 0 aliphatic carbocycles. The maximum Gasteiger partial charge on any atom is 0.254 e. The van der Waals surface area contributed by atoms with Crippen LogP contribution in [0.2, 0.25) is 10.3 Å². The fourth-order valence-corrected chi connectivity index (χ4v) is 3.52. The van der Waals surface area contributed by atoms with Crippen molar-refractivity contribution in [2.24, 2.45) is 0 Å². The largest absolute Gasteiger partial charge is 0.332 e. The molecule has 0 N–H and O–H groups in total. The Morgan fingerprint density at radius 1 is 1.13 bits per heavy atom. The zero-order valence-electron chi connectivity index (χ0n) is 12.9. The van der Waals surface area contributed by atoms with Gasteiger partial charge in [0.15, 0.2) is 0 Å². The Bertz CT molecular complexity index is 695. The third-order valence-corrected chi connectivity index (χ3v) is 4.62. The number of piperidine rings is 1. The molecular formula is C18H18Cl2N2O. The van der Waals surface area contributed by atoms with Crippen LogP contribution in [-0.4, -0.2) is 22.3 Å². The Morgan fingerprint density at radius 2 is 1.78 bits per heavy atom. The number of carbonyl (C=O) groups excluding carboxylic acids is 1. The summed E-state index contributed by atoms with van der Waals surface area (Å²) in [5, 5.41) is 0.481. The van der Waals surface area contributed by atoms with E-state index in [1.807, 2.05) is 4.90 Å². The summed E-state index contributed by atoms with van der Waals surface area (Å²) in [5.41, 5.74) is 2.89. The van der Waals surface area contributed by atoms with Gasteiger partial charge in [0.2, 0.25) is 0 Å². The summed E-state index contributed by atoms with van der Waals surface area (Å²) in [5.74, 6) is -0.0403. The van der Waals surface area contributed by atoms with Gasteiger partial charge in [-0.3, -0.25) is 4.79 Å². The normalized spacial score (nSPS) is 18.0. The van der Waals surface area contributed by atoms with Crippen LogP contribution in [0.5, 0.6) is 0 Å². The van der Waals surface area contributed by atoms with E-state index in [1.165, 1.54) is 11.1 Å². The van der Waals surface area contributed by atoms with Gasteiger partial charge in [0.05, 0.1) is 6.04 Å². The first-order chi connectivity index (χ1) is 11.0. The molecule has 3 rings (SSSR count). The highest BCUT2D eigenvalue weighted by Crippen LogP contribution is 2.32. The SMILES string of the molecule is Cc1ccc(C2CCCCN2C(=O)c2cc(Cl)nc(Cl)c2)cc1. The Balaban J connectivity index is 1.91. The number of hydrogen-bond donors (Lipinski definition) is 0. The minimum absolute atomic E-state index is 0.0403. The van der Waals surface area contributed by atoms with Crippen molar-refractivity contribution in [3.8, 4) is 0 Å².